The molecule has 1 unspecified atom stereocenters. The number of hydrogen-bond acceptors (Lipinski definition) is 3. The molecule has 0 fully saturated rings. The number of carboxylic acid groups (broad SMARTS) is 1. The minimum atomic E-state index is -0.878. The van der Waals surface area contributed by atoms with Crippen LogP contribution in [0, 0.1) is 0 Å². The molecule has 0 bridgehead atoms. The number of hydrogen-bond donors (Lipinski definition) is 1. The second-order valence-corrected chi connectivity index (χ2v) is 8.95. The summed E-state index contributed by atoms with van der Waals surface area (Å²) in [7, 11) is 0. The van der Waals surface area contributed by atoms with E-state index in [1.807, 2.05) is 30.3 Å². The van der Waals surface area contributed by atoms with E-state index in [0.29, 0.717) is 11.4 Å². The molecule has 0 saturated heterocycles. The zero-order valence-corrected chi connectivity index (χ0v) is 18.8. The van der Waals surface area contributed by atoms with E-state index in [-0.39, 0.29) is 11.3 Å². The van der Waals surface area contributed by atoms with Gasteiger partial charge in [-0.15, -0.1) is 22.9 Å². The van der Waals surface area contributed by atoms with E-state index in [1.54, 1.807) is 17.9 Å². The van der Waals surface area contributed by atoms with Crippen LogP contribution in [0.4, 0.5) is 5.69 Å². The van der Waals surface area contributed by atoms with Gasteiger partial charge in [-0.05, 0) is 55.5 Å². The number of carboxylic acids is 1. The Balaban J connectivity index is 1.86. The van der Waals surface area contributed by atoms with E-state index in [4.69, 9.17) is 16.7 Å². The van der Waals surface area contributed by atoms with Crippen molar-refractivity contribution in [3.05, 3.63) is 51.7 Å². The SMILES string of the molecule is CCCCCC(Cl)c1ccc(N(CCCCc2ccc(C(=O)O)s2)C(C)=O)cc1. The monoisotopic (exact) mass is 435 g/mol. The lowest BCUT2D eigenvalue weighted by Gasteiger charge is -2.22. The normalized spacial score (nSPS) is 12.0. The van der Waals surface area contributed by atoms with Crippen molar-refractivity contribution in [3.63, 3.8) is 0 Å². The highest BCUT2D eigenvalue weighted by Crippen LogP contribution is 2.28. The van der Waals surface area contributed by atoms with Crippen molar-refractivity contribution in [3.8, 4) is 0 Å². The summed E-state index contributed by atoms with van der Waals surface area (Å²) >= 11 is 7.82. The molecule has 158 valence electrons. The molecule has 1 N–H and O–H groups in total. The van der Waals surface area contributed by atoms with Crippen LogP contribution in [0.2, 0.25) is 0 Å². The first kappa shape index (κ1) is 23.4. The molecule has 0 radical (unpaired) electrons. The summed E-state index contributed by atoms with van der Waals surface area (Å²) in [6.07, 6.45) is 7.07. The van der Waals surface area contributed by atoms with Crippen LogP contribution in [0.15, 0.2) is 36.4 Å². The van der Waals surface area contributed by atoms with Gasteiger partial charge in [-0.25, -0.2) is 4.79 Å². The van der Waals surface area contributed by atoms with Gasteiger partial charge in [0.1, 0.15) is 4.88 Å². The zero-order valence-electron chi connectivity index (χ0n) is 17.2. The maximum Gasteiger partial charge on any atom is 0.345 e. The number of benzene rings is 1. The van der Waals surface area contributed by atoms with Crippen molar-refractivity contribution >= 4 is 40.5 Å². The first-order chi connectivity index (χ1) is 13.9. The van der Waals surface area contributed by atoms with Crippen molar-refractivity contribution in [1.82, 2.24) is 0 Å². The van der Waals surface area contributed by atoms with Crippen molar-refractivity contribution in [2.75, 3.05) is 11.4 Å². The molecule has 1 atom stereocenters. The Morgan fingerprint density at radius 2 is 1.79 bits per heavy atom. The van der Waals surface area contributed by atoms with Crippen molar-refractivity contribution in [1.29, 1.82) is 0 Å². The second-order valence-electron chi connectivity index (χ2n) is 7.25. The molecule has 1 heterocycles. The number of unbranched alkanes of at least 4 members (excludes halogenated alkanes) is 3. The van der Waals surface area contributed by atoms with Crippen LogP contribution >= 0.6 is 22.9 Å². The van der Waals surface area contributed by atoms with Crippen LogP contribution < -0.4 is 4.90 Å². The molecule has 0 spiro atoms. The number of anilines is 1. The van der Waals surface area contributed by atoms with Crippen LogP contribution in [0.5, 0.6) is 0 Å². The van der Waals surface area contributed by atoms with Gasteiger partial charge in [0, 0.05) is 24.0 Å². The second kappa shape index (κ2) is 12.0. The minimum Gasteiger partial charge on any atom is -0.477 e. The molecule has 0 aliphatic heterocycles. The number of rotatable bonds is 12. The van der Waals surface area contributed by atoms with Crippen molar-refractivity contribution < 1.29 is 14.7 Å². The Morgan fingerprint density at radius 3 is 2.38 bits per heavy atom. The molecule has 2 rings (SSSR count). The number of amides is 1. The third-order valence-electron chi connectivity index (χ3n) is 4.94. The van der Waals surface area contributed by atoms with Crippen LogP contribution in [0.3, 0.4) is 0 Å². The fourth-order valence-electron chi connectivity index (χ4n) is 3.27. The third-order valence-corrected chi connectivity index (χ3v) is 6.54. The Bertz CT molecular complexity index is 788. The number of halogens is 1. The average molecular weight is 436 g/mol. The number of carbonyl (C=O) groups is 2. The molecule has 1 amide bonds. The average Bonchev–Trinajstić information content (AvgIpc) is 3.17. The predicted octanol–water partition coefficient (Wildman–Crippen LogP) is 6.68. The highest BCUT2D eigenvalue weighted by atomic mass is 35.5. The van der Waals surface area contributed by atoms with Gasteiger partial charge in [0.25, 0.3) is 0 Å². The lowest BCUT2D eigenvalue weighted by molar-refractivity contribution is -0.116. The quantitative estimate of drug-likeness (QED) is 0.298. The molecule has 4 nitrogen and oxygen atoms in total. The lowest BCUT2D eigenvalue weighted by atomic mass is 10.0. The lowest BCUT2D eigenvalue weighted by Crippen LogP contribution is -2.29. The summed E-state index contributed by atoms with van der Waals surface area (Å²) in [6.45, 7) is 4.41. The summed E-state index contributed by atoms with van der Waals surface area (Å²) < 4.78 is 0. The maximum atomic E-state index is 12.1. The molecule has 1 aromatic heterocycles. The summed E-state index contributed by atoms with van der Waals surface area (Å²) in [5.74, 6) is -0.857. The molecule has 29 heavy (non-hydrogen) atoms. The zero-order chi connectivity index (χ0) is 21.2. The van der Waals surface area contributed by atoms with Crippen molar-refractivity contribution in [2.45, 2.75) is 64.2 Å². The van der Waals surface area contributed by atoms with Gasteiger partial charge in [-0.1, -0.05) is 38.3 Å². The fraction of sp³-hybridized carbons (Fsp3) is 0.478. The molecule has 6 heteroatoms. The Hall–Kier alpha value is -1.85. The topological polar surface area (TPSA) is 57.6 Å². The van der Waals surface area contributed by atoms with Crippen LogP contribution in [0.1, 0.15) is 77.9 Å². The smallest absolute Gasteiger partial charge is 0.345 e. The van der Waals surface area contributed by atoms with Gasteiger partial charge in [0.2, 0.25) is 5.91 Å². The number of alkyl halides is 1. The van der Waals surface area contributed by atoms with E-state index < -0.39 is 5.97 Å². The fourth-order valence-corrected chi connectivity index (χ4v) is 4.46. The first-order valence-corrected chi connectivity index (χ1v) is 11.5. The Kier molecular flexibility index (Phi) is 9.68. The highest BCUT2D eigenvalue weighted by molar-refractivity contribution is 7.13. The van der Waals surface area contributed by atoms with E-state index in [9.17, 15) is 9.59 Å². The number of carbonyl (C=O) groups excluding carboxylic acids is 1. The maximum absolute atomic E-state index is 12.1. The molecule has 1 aromatic carbocycles. The Labute approximate surface area is 182 Å². The molecular formula is C23H30ClNO3S. The Morgan fingerprint density at radius 1 is 1.07 bits per heavy atom. The van der Waals surface area contributed by atoms with Crippen LogP contribution in [0.25, 0.3) is 0 Å². The van der Waals surface area contributed by atoms with Gasteiger partial charge in [-0.3, -0.25) is 4.79 Å². The largest absolute Gasteiger partial charge is 0.477 e. The standard InChI is InChI=1S/C23H30ClNO3S/c1-3-4-5-9-21(24)18-10-12-19(13-11-18)25(17(2)26)16-7-6-8-20-14-15-22(29-20)23(27)28/h10-15,21H,3-9,16H2,1-2H3,(H,27,28). The molecule has 0 aliphatic rings. The number of aryl methyl sites for hydroxylation is 1. The van der Waals surface area contributed by atoms with E-state index in [2.05, 4.69) is 6.92 Å². The summed E-state index contributed by atoms with van der Waals surface area (Å²) in [4.78, 5) is 26.3. The van der Waals surface area contributed by atoms with Gasteiger partial charge in [-0.2, -0.15) is 0 Å². The number of aromatic carboxylic acids is 1. The van der Waals surface area contributed by atoms with Gasteiger partial charge >= 0.3 is 5.97 Å². The van der Waals surface area contributed by atoms with E-state index in [1.165, 1.54) is 24.2 Å². The van der Waals surface area contributed by atoms with Crippen molar-refractivity contribution in [2.24, 2.45) is 0 Å². The highest BCUT2D eigenvalue weighted by Gasteiger charge is 2.13. The van der Waals surface area contributed by atoms with Gasteiger partial charge in [0.15, 0.2) is 0 Å². The summed E-state index contributed by atoms with van der Waals surface area (Å²) in [5.41, 5.74) is 1.99. The minimum absolute atomic E-state index is 0.0165. The molecule has 0 saturated carbocycles. The molecular weight excluding hydrogens is 406 g/mol. The first-order valence-electron chi connectivity index (χ1n) is 10.3. The van der Waals surface area contributed by atoms with E-state index >= 15 is 0 Å². The summed E-state index contributed by atoms with van der Waals surface area (Å²) in [6, 6.07) is 11.5. The molecule has 2 aromatic rings. The van der Waals surface area contributed by atoms with Crippen LogP contribution in [-0.4, -0.2) is 23.5 Å². The molecule has 0 aliphatic carbocycles. The summed E-state index contributed by atoms with van der Waals surface area (Å²) in [5, 5.41) is 9.01. The van der Waals surface area contributed by atoms with Crippen LogP contribution in [-0.2, 0) is 11.2 Å². The third kappa shape index (κ3) is 7.48. The van der Waals surface area contributed by atoms with Gasteiger partial charge < -0.3 is 10.0 Å². The van der Waals surface area contributed by atoms with E-state index in [0.717, 1.165) is 48.2 Å². The predicted molar refractivity (Wildman–Crippen MR) is 121 cm³/mol. The number of nitrogens with zero attached hydrogens (tertiary/aromatic N) is 1. The number of thiophene rings is 1. The van der Waals surface area contributed by atoms with Gasteiger partial charge in [0.05, 0.1) is 5.38 Å².